The Kier molecular flexibility index (Phi) is 5.89. The molecule has 0 bridgehead atoms. The second kappa shape index (κ2) is 8.70. The second-order valence-corrected chi connectivity index (χ2v) is 6.30. The number of ketones is 1. The number of benzene rings is 2. The zero-order valence-corrected chi connectivity index (χ0v) is 14.8. The largest absolute Gasteiger partial charge is 0.392 e. The van der Waals surface area contributed by atoms with E-state index in [9.17, 15) is 9.90 Å². The number of aliphatic hydroxyl groups excluding tert-OH is 1. The van der Waals surface area contributed by atoms with E-state index in [1.807, 2.05) is 0 Å². The first-order chi connectivity index (χ1) is 13.6. The molecule has 0 radical (unpaired) electrons. The monoisotopic (exact) mass is 372 g/mol. The summed E-state index contributed by atoms with van der Waals surface area (Å²) in [7, 11) is 0. The quantitative estimate of drug-likeness (QED) is 0.316. The third kappa shape index (κ3) is 4.66. The van der Waals surface area contributed by atoms with Gasteiger partial charge in [-0.15, -0.1) is 0 Å². The van der Waals surface area contributed by atoms with Gasteiger partial charge in [0.1, 0.15) is 0 Å². The minimum absolute atomic E-state index is 0.145. The van der Waals surface area contributed by atoms with E-state index in [4.69, 9.17) is 11.1 Å². The highest BCUT2D eigenvalue weighted by Gasteiger charge is 2.26. The van der Waals surface area contributed by atoms with Crippen molar-refractivity contribution in [2.24, 2.45) is 10.2 Å². The third-order valence-electron chi connectivity index (χ3n) is 4.24. The van der Waals surface area contributed by atoms with E-state index in [1.54, 1.807) is 60.7 Å². The van der Waals surface area contributed by atoms with Gasteiger partial charge in [-0.05, 0) is 46.5 Å². The number of azide groups is 2. The van der Waals surface area contributed by atoms with Gasteiger partial charge >= 0.3 is 0 Å². The maximum Gasteiger partial charge on any atom is 0.185 e. The molecule has 0 atom stereocenters. The summed E-state index contributed by atoms with van der Waals surface area (Å²) in [4.78, 5) is 18.4. The van der Waals surface area contributed by atoms with Crippen LogP contribution in [0.25, 0.3) is 33.0 Å². The molecule has 0 amide bonds. The van der Waals surface area contributed by atoms with E-state index >= 15 is 0 Å². The molecule has 1 aliphatic rings. The Labute approximate surface area is 160 Å². The number of carbonyl (C=O) groups excluding carboxylic acids is 1. The fourth-order valence-electron chi connectivity index (χ4n) is 3.08. The number of Topliss-reactive ketones (excluding diaryl/α,β-unsaturated/α-hetero) is 1. The molecule has 1 saturated carbocycles. The first-order valence-electron chi connectivity index (χ1n) is 8.53. The number of hydrogen-bond donors (Lipinski definition) is 1. The number of aliphatic hydroxyl groups is 1. The van der Waals surface area contributed by atoms with Crippen molar-refractivity contribution in [3.63, 3.8) is 0 Å². The standard InChI is InChI=1S/C20H16N6O2/c21-25-23-17-5-1-3-13(9-17)7-15-11-19(27)12-16(20(15)28)8-14-4-2-6-18(10-14)24-26-22/h1-10,19,27H,11-12H2. The minimum Gasteiger partial charge on any atom is -0.392 e. The van der Waals surface area contributed by atoms with Crippen LogP contribution in [-0.4, -0.2) is 17.0 Å². The summed E-state index contributed by atoms with van der Waals surface area (Å²) in [5, 5.41) is 17.4. The highest BCUT2D eigenvalue weighted by molar-refractivity contribution is 6.14. The summed E-state index contributed by atoms with van der Waals surface area (Å²) in [6, 6.07) is 13.7. The zero-order valence-electron chi connectivity index (χ0n) is 14.8. The van der Waals surface area contributed by atoms with Gasteiger partial charge in [-0.25, -0.2) is 0 Å². The average Bonchev–Trinajstić information content (AvgIpc) is 2.67. The molecule has 0 spiro atoms. The number of nitrogens with zero attached hydrogens (tertiary/aromatic N) is 6. The molecule has 8 nitrogen and oxygen atoms in total. The van der Waals surface area contributed by atoms with Crippen molar-refractivity contribution in [1.29, 1.82) is 0 Å². The van der Waals surface area contributed by atoms with E-state index in [-0.39, 0.29) is 18.6 Å². The van der Waals surface area contributed by atoms with Gasteiger partial charge in [-0.2, -0.15) is 0 Å². The van der Waals surface area contributed by atoms with Gasteiger partial charge in [0.05, 0.1) is 6.10 Å². The Morgan fingerprint density at radius 2 is 1.36 bits per heavy atom. The maximum absolute atomic E-state index is 12.9. The van der Waals surface area contributed by atoms with Crippen molar-refractivity contribution >= 4 is 29.3 Å². The van der Waals surface area contributed by atoms with E-state index < -0.39 is 6.10 Å². The SMILES string of the molecule is [N-]=[N+]=Nc1cccc(C=C2CC(O)CC(=Cc3cccc(N=[N+]=[N-])c3)C2=O)c1. The summed E-state index contributed by atoms with van der Waals surface area (Å²) < 4.78 is 0. The average molecular weight is 372 g/mol. The Morgan fingerprint density at radius 3 is 1.79 bits per heavy atom. The smallest absolute Gasteiger partial charge is 0.185 e. The number of hydrogen-bond acceptors (Lipinski definition) is 4. The fourth-order valence-corrected chi connectivity index (χ4v) is 3.08. The van der Waals surface area contributed by atoms with Crippen LogP contribution < -0.4 is 0 Å². The summed E-state index contributed by atoms with van der Waals surface area (Å²) >= 11 is 0. The first-order valence-corrected chi connectivity index (χ1v) is 8.53. The molecule has 2 aromatic carbocycles. The van der Waals surface area contributed by atoms with Crippen molar-refractivity contribution < 1.29 is 9.90 Å². The molecule has 1 aliphatic carbocycles. The lowest BCUT2D eigenvalue weighted by molar-refractivity contribution is -0.113. The van der Waals surface area contributed by atoms with E-state index in [0.29, 0.717) is 33.6 Å². The molecular weight excluding hydrogens is 356 g/mol. The van der Waals surface area contributed by atoms with Gasteiger partial charge in [0.25, 0.3) is 0 Å². The van der Waals surface area contributed by atoms with Crippen LogP contribution in [0.2, 0.25) is 0 Å². The molecule has 1 fully saturated rings. The number of rotatable bonds is 4. The van der Waals surface area contributed by atoms with Crippen LogP contribution in [0.5, 0.6) is 0 Å². The van der Waals surface area contributed by atoms with Gasteiger partial charge in [0.15, 0.2) is 5.78 Å². The molecule has 0 saturated heterocycles. The van der Waals surface area contributed by atoms with Crippen LogP contribution >= 0.6 is 0 Å². The van der Waals surface area contributed by atoms with E-state index in [0.717, 1.165) is 0 Å². The van der Waals surface area contributed by atoms with Crippen LogP contribution in [0.3, 0.4) is 0 Å². The maximum atomic E-state index is 12.9. The first kappa shape index (κ1) is 18.9. The molecule has 28 heavy (non-hydrogen) atoms. The van der Waals surface area contributed by atoms with E-state index in [1.165, 1.54) is 0 Å². The summed E-state index contributed by atoms with van der Waals surface area (Å²) in [5.74, 6) is -0.145. The predicted octanol–water partition coefficient (Wildman–Crippen LogP) is 5.76. The minimum atomic E-state index is -0.671. The predicted molar refractivity (Wildman–Crippen MR) is 107 cm³/mol. The highest BCUT2D eigenvalue weighted by Crippen LogP contribution is 2.29. The van der Waals surface area contributed by atoms with Crippen molar-refractivity contribution in [2.75, 3.05) is 0 Å². The molecule has 0 heterocycles. The van der Waals surface area contributed by atoms with Crippen LogP contribution in [0, 0.1) is 0 Å². The molecule has 2 aromatic rings. The van der Waals surface area contributed by atoms with Gasteiger partial charge in [0, 0.05) is 45.2 Å². The van der Waals surface area contributed by atoms with Crippen molar-refractivity contribution in [3.8, 4) is 0 Å². The summed E-state index contributed by atoms with van der Waals surface area (Å²) in [6.07, 6.45) is 3.23. The molecule has 3 rings (SSSR count). The van der Waals surface area contributed by atoms with Crippen molar-refractivity contribution in [3.05, 3.63) is 91.7 Å². The van der Waals surface area contributed by atoms with Gasteiger partial charge < -0.3 is 5.11 Å². The number of carbonyl (C=O) groups is 1. The van der Waals surface area contributed by atoms with Crippen molar-refractivity contribution in [1.82, 2.24) is 0 Å². The Balaban J connectivity index is 1.94. The van der Waals surface area contributed by atoms with Crippen LogP contribution in [-0.2, 0) is 4.79 Å². The third-order valence-corrected chi connectivity index (χ3v) is 4.24. The highest BCUT2D eigenvalue weighted by atomic mass is 16.3. The molecule has 0 aliphatic heterocycles. The lowest BCUT2D eigenvalue weighted by Gasteiger charge is -2.22. The molecule has 138 valence electrons. The lowest BCUT2D eigenvalue weighted by atomic mass is 9.85. The van der Waals surface area contributed by atoms with Gasteiger partial charge in [-0.3, -0.25) is 4.79 Å². The van der Waals surface area contributed by atoms with Crippen molar-refractivity contribution in [2.45, 2.75) is 18.9 Å². The van der Waals surface area contributed by atoms with Crippen LogP contribution in [0.15, 0.2) is 69.9 Å². The van der Waals surface area contributed by atoms with Crippen LogP contribution in [0.4, 0.5) is 11.4 Å². The second-order valence-electron chi connectivity index (χ2n) is 6.30. The van der Waals surface area contributed by atoms with Gasteiger partial charge in [0.2, 0.25) is 0 Å². The summed E-state index contributed by atoms with van der Waals surface area (Å²) in [6.45, 7) is 0. The van der Waals surface area contributed by atoms with E-state index in [2.05, 4.69) is 20.1 Å². The topological polar surface area (TPSA) is 135 Å². The molecule has 8 heteroatoms. The Hall–Kier alpha value is -3.83. The molecule has 0 unspecified atom stereocenters. The molecule has 0 aromatic heterocycles. The lowest BCUT2D eigenvalue weighted by Crippen LogP contribution is -2.23. The zero-order chi connectivity index (χ0) is 19.9. The molecule has 1 N–H and O–H groups in total. The normalized spacial score (nSPS) is 19.2. The Morgan fingerprint density at radius 1 is 0.893 bits per heavy atom. The fraction of sp³-hybridized carbons (Fsp3) is 0.150. The van der Waals surface area contributed by atoms with Crippen LogP contribution in [0.1, 0.15) is 24.0 Å². The molecular formula is C20H16N6O2. The summed E-state index contributed by atoms with van der Waals surface area (Å²) in [5.41, 5.74) is 20.4. The Bertz CT molecular complexity index is 992. The van der Waals surface area contributed by atoms with Gasteiger partial charge in [-0.1, -0.05) is 46.6 Å².